The molecule has 9 heteroatoms. The van der Waals surface area contributed by atoms with Gasteiger partial charge in [-0.2, -0.15) is 8.42 Å². The molecule has 0 bridgehead atoms. The highest BCUT2D eigenvalue weighted by molar-refractivity contribution is 8.18. The summed E-state index contributed by atoms with van der Waals surface area (Å²) in [5.41, 5.74) is 2.48. The molecule has 0 saturated carbocycles. The number of rotatable bonds is 9. The van der Waals surface area contributed by atoms with E-state index in [1.165, 1.54) is 24.3 Å². The Morgan fingerprint density at radius 2 is 1.65 bits per heavy atom. The quantitative estimate of drug-likeness (QED) is 0.244. The van der Waals surface area contributed by atoms with Crippen LogP contribution in [0.3, 0.4) is 0 Å². The van der Waals surface area contributed by atoms with Crippen molar-refractivity contribution in [3.63, 3.8) is 0 Å². The SMILES string of the molecule is Cc1ccc(C(C)C)c(OCCN2C(=O)S/C(=C\c3ccccc3OS(=O)(=O)c3ccccc3)C2=O)c1. The van der Waals surface area contributed by atoms with E-state index in [1.807, 2.05) is 25.1 Å². The second-order valence-electron chi connectivity index (χ2n) is 8.77. The Morgan fingerprint density at radius 3 is 2.38 bits per heavy atom. The number of ether oxygens (including phenoxy) is 1. The van der Waals surface area contributed by atoms with Crippen LogP contribution in [0.1, 0.15) is 36.5 Å². The Hall–Kier alpha value is -3.56. The van der Waals surface area contributed by atoms with Crippen molar-refractivity contribution >= 4 is 39.1 Å². The Kier molecular flexibility index (Phi) is 8.04. The van der Waals surface area contributed by atoms with E-state index in [0.29, 0.717) is 5.56 Å². The van der Waals surface area contributed by atoms with Gasteiger partial charge in [0.15, 0.2) is 0 Å². The van der Waals surface area contributed by atoms with Crippen molar-refractivity contribution in [1.82, 2.24) is 4.90 Å². The summed E-state index contributed by atoms with van der Waals surface area (Å²) in [5.74, 6) is 0.599. The van der Waals surface area contributed by atoms with Crippen LogP contribution in [-0.4, -0.2) is 37.6 Å². The number of hydrogen-bond acceptors (Lipinski definition) is 7. The van der Waals surface area contributed by atoms with E-state index in [4.69, 9.17) is 8.92 Å². The van der Waals surface area contributed by atoms with Crippen LogP contribution in [0.5, 0.6) is 11.5 Å². The average molecular weight is 538 g/mol. The predicted octanol–water partition coefficient (Wildman–Crippen LogP) is 6.00. The molecule has 1 heterocycles. The fraction of sp³-hybridized carbons (Fsp3) is 0.214. The number of benzene rings is 3. The molecule has 0 spiro atoms. The standard InChI is InChI=1S/C28H27NO6S2/c1-19(2)23-14-13-20(3)17-25(23)34-16-15-29-27(30)26(36-28(29)31)18-21-9-7-8-12-24(21)35-37(32,33)22-10-5-4-6-11-22/h4-14,17-19H,15-16H2,1-3H3/b26-18-. The van der Waals surface area contributed by atoms with Gasteiger partial charge in [0.1, 0.15) is 23.0 Å². The molecule has 1 saturated heterocycles. The van der Waals surface area contributed by atoms with E-state index >= 15 is 0 Å². The van der Waals surface area contributed by atoms with E-state index in [-0.39, 0.29) is 34.6 Å². The molecule has 1 fully saturated rings. The minimum atomic E-state index is -4.07. The fourth-order valence-corrected chi connectivity index (χ4v) is 5.58. The van der Waals surface area contributed by atoms with E-state index in [1.54, 1.807) is 36.4 Å². The molecule has 37 heavy (non-hydrogen) atoms. The molecule has 192 valence electrons. The van der Waals surface area contributed by atoms with Gasteiger partial charge in [0, 0.05) is 5.56 Å². The first kappa shape index (κ1) is 26.5. The number of carbonyl (C=O) groups excluding carboxylic acids is 2. The van der Waals surface area contributed by atoms with Crippen LogP contribution in [0.2, 0.25) is 0 Å². The molecular formula is C28H27NO6S2. The molecule has 0 unspecified atom stereocenters. The van der Waals surface area contributed by atoms with Crippen LogP contribution in [0.25, 0.3) is 6.08 Å². The lowest BCUT2D eigenvalue weighted by Crippen LogP contribution is -2.32. The largest absolute Gasteiger partial charge is 0.491 e. The van der Waals surface area contributed by atoms with Gasteiger partial charge in [0.2, 0.25) is 0 Å². The van der Waals surface area contributed by atoms with Gasteiger partial charge in [-0.3, -0.25) is 14.5 Å². The number of nitrogens with zero attached hydrogens (tertiary/aromatic N) is 1. The highest BCUT2D eigenvalue weighted by Gasteiger charge is 2.35. The smallest absolute Gasteiger partial charge is 0.339 e. The van der Waals surface area contributed by atoms with Crippen LogP contribution in [-0.2, 0) is 14.9 Å². The highest BCUT2D eigenvalue weighted by Crippen LogP contribution is 2.35. The molecule has 0 atom stereocenters. The van der Waals surface area contributed by atoms with Gasteiger partial charge in [0.25, 0.3) is 11.1 Å². The van der Waals surface area contributed by atoms with Crippen LogP contribution < -0.4 is 8.92 Å². The van der Waals surface area contributed by atoms with Crippen LogP contribution in [0.15, 0.2) is 82.6 Å². The van der Waals surface area contributed by atoms with E-state index in [9.17, 15) is 18.0 Å². The van der Waals surface area contributed by atoms with E-state index < -0.39 is 21.3 Å². The minimum Gasteiger partial charge on any atom is -0.491 e. The topological polar surface area (TPSA) is 90.0 Å². The molecule has 1 aliphatic heterocycles. The Labute approximate surface area is 221 Å². The van der Waals surface area contributed by atoms with Crippen molar-refractivity contribution in [3.8, 4) is 11.5 Å². The van der Waals surface area contributed by atoms with E-state index in [0.717, 1.165) is 33.5 Å². The number of para-hydroxylation sites is 1. The molecule has 1 aliphatic rings. The van der Waals surface area contributed by atoms with Crippen LogP contribution in [0.4, 0.5) is 4.79 Å². The lowest BCUT2D eigenvalue weighted by Gasteiger charge is -2.17. The molecule has 2 amide bonds. The summed E-state index contributed by atoms with van der Waals surface area (Å²) in [6.07, 6.45) is 1.47. The maximum Gasteiger partial charge on any atom is 0.339 e. The molecule has 3 aromatic rings. The summed E-state index contributed by atoms with van der Waals surface area (Å²) in [5, 5.41) is -0.413. The van der Waals surface area contributed by atoms with Crippen molar-refractivity contribution in [3.05, 3.63) is 94.4 Å². The lowest BCUT2D eigenvalue weighted by atomic mass is 10.0. The maximum atomic E-state index is 13.0. The zero-order valence-corrected chi connectivity index (χ0v) is 22.3. The normalized spacial score (nSPS) is 15.0. The van der Waals surface area contributed by atoms with Crippen LogP contribution >= 0.6 is 11.8 Å². The molecule has 0 aliphatic carbocycles. The third kappa shape index (κ3) is 6.23. The maximum absolute atomic E-state index is 13.0. The Morgan fingerprint density at radius 1 is 0.946 bits per heavy atom. The lowest BCUT2D eigenvalue weighted by molar-refractivity contribution is -0.123. The summed E-state index contributed by atoms with van der Waals surface area (Å²) >= 11 is 0.794. The number of aryl methyl sites for hydroxylation is 1. The molecule has 0 N–H and O–H groups in total. The van der Waals surface area contributed by atoms with Gasteiger partial charge < -0.3 is 8.92 Å². The summed E-state index contributed by atoms with van der Waals surface area (Å²) < 4.78 is 36.7. The summed E-state index contributed by atoms with van der Waals surface area (Å²) in [7, 11) is -4.07. The molecule has 7 nitrogen and oxygen atoms in total. The van der Waals surface area contributed by atoms with Gasteiger partial charge in [-0.15, -0.1) is 0 Å². The number of imide groups is 1. The fourth-order valence-electron chi connectivity index (χ4n) is 3.75. The number of hydrogen-bond donors (Lipinski definition) is 0. The third-order valence-electron chi connectivity index (χ3n) is 5.67. The van der Waals surface area contributed by atoms with Crippen molar-refractivity contribution in [2.45, 2.75) is 31.6 Å². The van der Waals surface area contributed by atoms with Gasteiger partial charge in [-0.05, 0) is 66.1 Å². The Bertz CT molecular complexity index is 1450. The second-order valence-corrected chi connectivity index (χ2v) is 11.3. The van der Waals surface area contributed by atoms with Crippen molar-refractivity contribution < 1.29 is 26.9 Å². The third-order valence-corrected chi connectivity index (χ3v) is 7.83. The zero-order chi connectivity index (χ0) is 26.6. The molecule has 4 rings (SSSR count). The van der Waals surface area contributed by atoms with Gasteiger partial charge in [0.05, 0.1) is 11.4 Å². The van der Waals surface area contributed by atoms with Gasteiger partial charge in [-0.25, -0.2) is 0 Å². The second kappa shape index (κ2) is 11.2. The molecule has 3 aromatic carbocycles. The first-order valence-electron chi connectivity index (χ1n) is 11.7. The average Bonchev–Trinajstić information content (AvgIpc) is 3.13. The van der Waals surface area contributed by atoms with Gasteiger partial charge in [-0.1, -0.05) is 62.4 Å². The number of carbonyl (C=O) groups is 2. The van der Waals surface area contributed by atoms with Gasteiger partial charge >= 0.3 is 10.1 Å². The number of thioether (sulfide) groups is 1. The summed E-state index contributed by atoms with van der Waals surface area (Å²) in [6, 6.07) is 20.2. The first-order chi connectivity index (χ1) is 17.7. The van der Waals surface area contributed by atoms with Crippen molar-refractivity contribution in [1.29, 1.82) is 0 Å². The highest BCUT2D eigenvalue weighted by atomic mass is 32.2. The van der Waals surface area contributed by atoms with E-state index in [2.05, 4.69) is 13.8 Å². The Balaban J connectivity index is 1.48. The summed E-state index contributed by atoms with van der Waals surface area (Å²) in [6.45, 7) is 6.37. The van der Waals surface area contributed by atoms with Crippen molar-refractivity contribution in [2.24, 2.45) is 0 Å². The zero-order valence-electron chi connectivity index (χ0n) is 20.7. The molecule has 0 aromatic heterocycles. The first-order valence-corrected chi connectivity index (χ1v) is 14.0. The van der Waals surface area contributed by atoms with Crippen molar-refractivity contribution in [2.75, 3.05) is 13.2 Å². The number of amides is 2. The predicted molar refractivity (Wildman–Crippen MR) is 144 cm³/mol. The monoisotopic (exact) mass is 537 g/mol. The van der Waals surface area contributed by atoms with Crippen LogP contribution in [0, 0.1) is 6.92 Å². The molecule has 0 radical (unpaired) electrons. The summed E-state index contributed by atoms with van der Waals surface area (Å²) in [4.78, 5) is 26.9. The molecular weight excluding hydrogens is 510 g/mol. The minimum absolute atomic E-state index is 0.0133.